The molecule has 0 saturated carbocycles. The lowest BCUT2D eigenvalue weighted by Gasteiger charge is -2.23. The molecule has 176 valence electrons. The number of aliphatic hydroxyl groups excluding tert-OH is 1. The molecule has 1 aliphatic heterocycles. The van der Waals surface area contributed by atoms with E-state index in [1.165, 1.54) is 40.5 Å². The van der Waals surface area contributed by atoms with Gasteiger partial charge in [0.2, 0.25) is 0 Å². The standard InChI is InChI=1S/C26H18BrFN2O4S/c1-2-34-18-10-11-19-20(13-18)35-26(29-19)30-22(15-4-3-5-16(27)12-15)21(24(32)25(30)33)23(31)14-6-8-17(28)9-7-14/h3-13,22,31H,2H2,1H3/b23-21+/t22-/m1/s1. The molecule has 1 aliphatic rings. The second kappa shape index (κ2) is 9.24. The van der Waals surface area contributed by atoms with Crippen LogP contribution in [0, 0.1) is 5.82 Å². The van der Waals surface area contributed by atoms with E-state index in [4.69, 9.17) is 4.74 Å². The zero-order chi connectivity index (χ0) is 24.7. The normalized spacial score (nSPS) is 17.3. The van der Waals surface area contributed by atoms with E-state index in [1.807, 2.05) is 19.1 Å². The van der Waals surface area contributed by atoms with Crippen LogP contribution in [0.3, 0.4) is 0 Å². The Morgan fingerprint density at radius 3 is 2.63 bits per heavy atom. The van der Waals surface area contributed by atoms with Crippen molar-refractivity contribution in [3.63, 3.8) is 0 Å². The van der Waals surface area contributed by atoms with Crippen LogP contribution < -0.4 is 9.64 Å². The van der Waals surface area contributed by atoms with Gasteiger partial charge in [0.1, 0.15) is 17.3 Å². The van der Waals surface area contributed by atoms with Crippen molar-refractivity contribution >= 4 is 60.1 Å². The maximum atomic E-state index is 13.5. The largest absolute Gasteiger partial charge is 0.507 e. The number of hydrogen-bond donors (Lipinski definition) is 1. The number of carbonyl (C=O) groups is 2. The zero-order valence-electron chi connectivity index (χ0n) is 18.4. The molecule has 1 saturated heterocycles. The Morgan fingerprint density at radius 2 is 1.91 bits per heavy atom. The number of anilines is 1. The minimum Gasteiger partial charge on any atom is -0.507 e. The van der Waals surface area contributed by atoms with Crippen LogP contribution in [0.25, 0.3) is 16.0 Å². The van der Waals surface area contributed by atoms with Gasteiger partial charge in [-0.1, -0.05) is 39.4 Å². The summed E-state index contributed by atoms with van der Waals surface area (Å²) >= 11 is 4.69. The van der Waals surface area contributed by atoms with Crippen LogP contribution in [0.1, 0.15) is 24.1 Å². The smallest absolute Gasteiger partial charge is 0.301 e. The van der Waals surface area contributed by atoms with Gasteiger partial charge in [0, 0.05) is 10.0 Å². The first-order chi connectivity index (χ1) is 16.9. The highest BCUT2D eigenvalue weighted by Gasteiger charge is 2.48. The molecule has 4 aromatic rings. The van der Waals surface area contributed by atoms with E-state index >= 15 is 0 Å². The molecule has 1 aromatic heterocycles. The van der Waals surface area contributed by atoms with Crippen molar-refractivity contribution in [2.45, 2.75) is 13.0 Å². The number of halogens is 2. The number of carbonyl (C=O) groups excluding carboxylic acids is 2. The average Bonchev–Trinajstić information content (AvgIpc) is 3.37. The lowest BCUT2D eigenvalue weighted by Crippen LogP contribution is -2.29. The first kappa shape index (κ1) is 23.2. The number of fused-ring (bicyclic) bond motifs is 1. The van der Waals surface area contributed by atoms with E-state index in [1.54, 1.807) is 30.3 Å². The van der Waals surface area contributed by atoms with Crippen molar-refractivity contribution in [2.24, 2.45) is 0 Å². The molecule has 0 unspecified atom stereocenters. The molecule has 0 spiro atoms. The minimum atomic E-state index is -0.926. The number of hydrogen-bond acceptors (Lipinski definition) is 6. The van der Waals surface area contributed by atoms with Crippen molar-refractivity contribution in [1.29, 1.82) is 0 Å². The number of nitrogens with zero attached hydrogens (tertiary/aromatic N) is 2. The Bertz CT molecular complexity index is 1500. The van der Waals surface area contributed by atoms with Gasteiger partial charge >= 0.3 is 5.91 Å². The molecular weight excluding hydrogens is 535 g/mol. The number of aromatic nitrogens is 1. The monoisotopic (exact) mass is 552 g/mol. The predicted octanol–water partition coefficient (Wildman–Crippen LogP) is 6.22. The Labute approximate surface area is 212 Å². The van der Waals surface area contributed by atoms with E-state index in [0.717, 1.165) is 9.17 Å². The van der Waals surface area contributed by atoms with Crippen LogP contribution in [-0.2, 0) is 9.59 Å². The molecule has 1 amide bonds. The third-order valence-corrected chi connectivity index (χ3v) is 7.10. The summed E-state index contributed by atoms with van der Waals surface area (Å²) in [5.41, 5.74) is 1.41. The molecule has 5 rings (SSSR count). The van der Waals surface area contributed by atoms with Gasteiger partial charge in [-0.25, -0.2) is 9.37 Å². The topological polar surface area (TPSA) is 79.7 Å². The number of benzene rings is 3. The first-order valence-corrected chi connectivity index (χ1v) is 12.3. The third-order valence-electron chi connectivity index (χ3n) is 5.59. The molecule has 1 atom stereocenters. The molecule has 0 aliphatic carbocycles. The van der Waals surface area contributed by atoms with Gasteiger partial charge in [-0.05, 0) is 67.1 Å². The summed E-state index contributed by atoms with van der Waals surface area (Å²) in [5.74, 6) is -1.83. The fraction of sp³-hybridized carbons (Fsp3) is 0.115. The van der Waals surface area contributed by atoms with Crippen LogP contribution in [-0.4, -0.2) is 28.4 Å². The van der Waals surface area contributed by atoms with E-state index < -0.39 is 23.5 Å². The lowest BCUT2D eigenvalue weighted by atomic mass is 9.95. The summed E-state index contributed by atoms with van der Waals surface area (Å²) < 4.78 is 20.6. The molecule has 2 heterocycles. The molecule has 3 aromatic carbocycles. The van der Waals surface area contributed by atoms with Crippen molar-refractivity contribution in [3.05, 3.63) is 93.7 Å². The molecule has 0 radical (unpaired) electrons. The van der Waals surface area contributed by atoms with E-state index in [9.17, 15) is 19.1 Å². The number of aliphatic hydroxyl groups is 1. The zero-order valence-corrected chi connectivity index (χ0v) is 20.8. The second-order valence-electron chi connectivity index (χ2n) is 7.79. The van der Waals surface area contributed by atoms with Crippen molar-refractivity contribution in [2.75, 3.05) is 11.5 Å². The maximum Gasteiger partial charge on any atom is 0.301 e. The Balaban J connectivity index is 1.70. The van der Waals surface area contributed by atoms with E-state index in [2.05, 4.69) is 20.9 Å². The van der Waals surface area contributed by atoms with Gasteiger partial charge in [0.25, 0.3) is 5.78 Å². The minimum absolute atomic E-state index is 0.0889. The number of amides is 1. The predicted molar refractivity (Wildman–Crippen MR) is 136 cm³/mol. The average molecular weight is 553 g/mol. The molecule has 9 heteroatoms. The quantitative estimate of drug-likeness (QED) is 0.180. The summed E-state index contributed by atoms with van der Waals surface area (Å²) in [6, 6.07) is 16.7. The number of Topliss-reactive ketones (excluding diaryl/α,β-unsaturated/α-hetero) is 1. The van der Waals surface area contributed by atoms with E-state index in [0.29, 0.717) is 28.6 Å². The van der Waals surface area contributed by atoms with Crippen LogP contribution in [0.15, 0.2) is 76.8 Å². The van der Waals surface area contributed by atoms with E-state index in [-0.39, 0.29) is 16.9 Å². The maximum absolute atomic E-state index is 13.5. The summed E-state index contributed by atoms with van der Waals surface area (Å²) in [5, 5.41) is 11.4. The summed E-state index contributed by atoms with van der Waals surface area (Å²) in [6.45, 7) is 2.40. The van der Waals surface area contributed by atoms with Crippen LogP contribution >= 0.6 is 27.3 Å². The number of ether oxygens (including phenoxy) is 1. The highest BCUT2D eigenvalue weighted by atomic mass is 79.9. The van der Waals surface area contributed by atoms with Gasteiger partial charge in [-0.2, -0.15) is 0 Å². The number of ketones is 1. The number of rotatable bonds is 5. The molecule has 1 N–H and O–H groups in total. The highest BCUT2D eigenvalue weighted by Crippen LogP contribution is 2.45. The van der Waals surface area contributed by atoms with Crippen LogP contribution in [0.4, 0.5) is 9.52 Å². The molecule has 6 nitrogen and oxygen atoms in total. The second-order valence-corrected chi connectivity index (χ2v) is 9.71. The van der Waals surface area contributed by atoms with Gasteiger partial charge < -0.3 is 9.84 Å². The van der Waals surface area contributed by atoms with Gasteiger partial charge in [0.05, 0.1) is 28.4 Å². The van der Waals surface area contributed by atoms with Crippen LogP contribution in [0.5, 0.6) is 5.75 Å². The lowest BCUT2D eigenvalue weighted by molar-refractivity contribution is -0.132. The van der Waals surface area contributed by atoms with Gasteiger partial charge in [-0.15, -0.1) is 0 Å². The molecule has 0 bridgehead atoms. The fourth-order valence-electron chi connectivity index (χ4n) is 4.04. The van der Waals surface area contributed by atoms with Crippen molar-refractivity contribution in [1.82, 2.24) is 4.98 Å². The Kier molecular flexibility index (Phi) is 6.12. The van der Waals surface area contributed by atoms with Crippen molar-refractivity contribution < 1.29 is 23.8 Å². The van der Waals surface area contributed by atoms with Gasteiger partial charge in [0.15, 0.2) is 5.13 Å². The molecule has 35 heavy (non-hydrogen) atoms. The Hall–Kier alpha value is -3.56. The number of thiazole rings is 1. The van der Waals surface area contributed by atoms with Gasteiger partial charge in [-0.3, -0.25) is 14.5 Å². The Morgan fingerprint density at radius 1 is 1.14 bits per heavy atom. The van der Waals surface area contributed by atoms with Crippen LogP contribution in [0.2, 0.25) is 0 Å². The first-order valence-electron chi connectivity index (χ1n) is 10.7. The molecular formula is C26H18BrFN2O4S. The SMILES string of the molecule is CCOc1ccc2nc(N3C(=O)C(=O)/C(=C(/O)c4ccc(F)cc4)[C@H]3c3cccc(Br)c3)sc2c1. The summed E-state index contributed by atoms with van der Waals surface area (Å²) in [7, 11) is 0. The third kappa shape index (κ3) is 4.21. The summed E-state index contributed by atoms with van der Waals surface area (Å²) in [6.07, 6.45) is 0. The highest BCUT2D eigenvalue weighted by molar-refractivity contribution is 9.10. The molecule has 1 fully saturated rings. The van der Waals surface area contributed by atoms with Crippen molar-refractivity contribution in [3.8, 4) is 5.75 Å². The summed E-state index contributed by atoms with van der Waals surface area (Å²) in [4.78, 5) is 32.5. The fourth-order valence-corrected chi connectivity index (χ4v) is 5.48.